The molecule has 0 spiro atoms. The maximum Gasteiger partial charge on any atom is 0.472 e. The summed E-state index contributed by atoms with van der Waals surface area (Å²) in [7, 11) is -4.68. The predicted molar refractivity (Wildman–Crippen MR) is 226 cm³/mol. The van der Waals surface area contributed by atoms with E-state index in [2.05, 4.69) is 42.7 Å². The highest BCUT2D eigenvalue weighted by Gasteiger charge is 2.39. The van der Waals surface area contributed by atoms with Crippen LogP contribution in [0.3, 0.4) is 0 Å². The summed E-state index contributed by atoms with van der Waals surface area (Å²) in [5.74, 6) is -1.40. The Bertz CT molecular complexity index is 1180. The summed E-state index contributed by atoms with van der Waals surface area (Å²) < 4.78 is 32.7. The van der Waals surface area contributed by atoms with Gasteiger partial charge in [-0.3, -0.25) is 18.6 Å². The van der Waals surface area contributed by atoms with Crippen LogP contribution in [0, 0.1) is 11.8 Å². The third-order valence-electron chi connectivity index (χ3n) is 10.4. The third-order valence-corrected chi connectivity index (χ3v) is 11.3. The van der Waals surface area contributed by atoms with Gasteiger partial charge in [0, 0.05) is 25.2 Å². The van der Waals surface area contributed by atoms with Gasteiger partial charge in [0.25, 0.3) is 0 Å². The number of rotatable bonds is 37. The summed E-state index contributed by atoms with van der Waals surface area (Å²) in [4.78, 5) is 35.2. The molecule has 8 atom stereocenters. The first-order valence-corrected chi connectivity index (χ1v) is 23.7. The average molecular weight is 847 g/mol. The van der Waals surface area contributed by atoms with E-state index in [0.29, 0.717) is 32.1 Å². The zero-order valence-electron chi connectivity index (χ0n) is 35.6. The van der Waals surface area contributed by atoms with Crippen LogP contribution in [0.4, 0.5) is 0 Å². The Labute approximate surface area is 348 Å². The first kappa shape index (κ1) is 54.1. The van der Waals surface area contributed by atoms with E-state index in [-0.39, 0.29) is 24.7 Å². The first-order valence-electron chi connectivity index (χ1n) is 22.2. The van der Waals surface area contributed by atoms with Crippen molar-refractivity contribution in [3.05, 3.63) is 36.5 Å². The number of aliphatic hydroxyl groups is 5. The Morgan fingerprint density at radius 2 is 1.31 bits per heavy atom. The van der Waals surface area contributed by atoms with Crippen molar-refractivity contribution in [2.24, 2.45) is 11.8 Å². The summed E-state index contributed by atoms with van der Waals surface area (Å²) >= 11 is 0. The molecule has 0 heterocycles. The summed E-state index contributed by atoms with van der Waals surface area (Å²) in [6.45, 7) is 1.99. The molecule has 0 amide bonds. The molecule has 1 unspecified atom stereocenters. The maximum absolute atomic E-state index is 12.7. The van der Waals surface area contributed by atoms with Crippen LogP contribution in [-0.2, 0) is 32.7 Å². The number of carbonyl (C=O) groups is 2. The molecule has 0 aromatic rings. The fourth-order valence-corrected chi connectivity index (χ4v) is 7.67. The fraction of sp³-hybridized carbons (Fsp3) is 0.818. The summed E-state index contributed by atoms with van der Waals surface area (Å²) in [6.07, 6.45) is 27.4. The van der Waals surface area contributed by atoms with E-state index in [1.807, 2.05) is 6.08 Å². The Balaban J connectivity index is 2.45. The maximum atomic E-state index is 12.7. The lowest BCUT2D eigenvalue weighted by Gasteiger charge is -2.21. The highest BCUT2D eigenvalue weighted by atomic mass is 31.2. The standard InChI is InChI=1S/C44H79O13P/c1-3-5-7-8-9-10-11-12-13-14-15-16-17-18-24-28-44(51)57-38(35-56-58(52,53)55-33-37(47)32-45)34-54-43(50)27-23-20-19-22-26-39-40(42(49)31-41(39)48)30-29-36(46)25-21-6-4-2/h9-10,12-13,29-30,36-42,45-49H,3-8,11,14-28,31-35H2,1-2H3,(H,52,53)/b10-9-,13-12-,30-29+/t36-,37-,38+,39+,40+,41-,42+/m0/s1. The van der Waals surface area contributed by atoms with E-state index >= 15 is 0 Å². The minimum Gasteiger partial charge on any atom is -0.462 e. The Morgan fingerprint density at radius 3 is 1.98 bits per heavy atom. The molecule has 1 aliphatic carbocycles. The molecule has 338 valence electrons. The van der Waals surface area contributed by atoms with Gasteiger partial charge in [0.2, 0.25) is 0 Å². The minimum absolute atomic E-state index is 0.102. The molecule has 1 saturated carbocycles. The number of hydrogen-bond donors (Lipinski definition) is 6. The van der Waals surface area contributed by atoms with Crippen LogP contribution in [0.15, 0.2) is 36.5 Å². The van der Waals surface area contributed by atoms with Crippen molar-refractivity contribution in [3.63, 3.8) is 0 Å². The number of unbranched alkanes of at least 4 members (excludes halogenated alkanes) is 13. The van der Waals surface area contributed by atoms with Crippen LogP contribution >= 0.6 is 7.82 Å². The van der Waals surface area contributed by atoms with Crippen molar-refractivity contribution in [3.8, 4) is 0 Å². The lowest BCUT2D eigenvalue weighted by molar-refractivity contribution is -0.161. The molecule has 0 aromatic carbocycles. The molecule has 1 aliphatic rings. The summed E-state index contributed by atoms with van der Waals surface area (Å²) in [6, 6.07) is 0. The van der Waals surface area contributed by atoms with Gasteiger partial charge < -0.3 is 39.9 Å². The second-order valence-electron chi connectivity index (χ2n) is 15.7. The molecular weight excluding hydrogens is 767 g/mol. The molecular formula is C44H79O13P. The van der Waals surface area contributed by atoms with E-state index in [0.717, 1.165) is 83.5 Å². The van der Waals surface area contributed by atoms with Gasteiger partial charge in [-0.05, 0) is 63.7 Å². The van der Waals surface area contributed by atoms with Gasteiger partial charge in [0.1, 0.15) is 12.7 Å². The normalized spacial score (nSPS) is 21.2. The first-order chi connectivity index (χ1) is 27.9. The topological polar surface area (TPSA) is 210 Å². The van der Waals surface area contributed by atoms with E-state index in [9.17, 15) is 39.5 Å². The van der Waals surface area contributed by atoms with Crippen LogP contribution in [0.2, 0.25) is 0 Å². The zero-order valence-corrected chi connectivity index (χ0v) is 36.5. The molecule has 1 rings (SSSR count). The van der Waals surface area contributed by atoms with Crippen LogP contribution < -0.4 is 0 Å². The number of carbonyl (C=O) groups excluding carboxylic acids is 2. The molecule has 0 saturated heterocycles. The van der Waals surface area contributed by atoms with Gasteiger partial charge in [-0.2, -0.15) is 0 Å². The van der Waals surface area contributed by atoms with E-state index in [1.165, 1.54) is 19.3 Å². The van der Waals surface area contributed by atoms with Crippen LogP contribution in [0.25, 0.3) is 0 Å². The molecule has 14 heteroatoms. The van der Waals surface area contributed by atoms with Crippen LogP contribution in [-0.4, -0.2) is 99.3 Å². The molecule has 0 aliphatic heterocycles. The predicted octanol–water partition coefficient (Wildman–Crippen LogP) is 7.94. The summed E-state index contributed by atoms with van der Waals surface area (Å²) in [5.41, 5.74) is 0. The van der Waals surface area contributed by atoms with Gasteiger partial charge in [0.05, 0.1) is 38.1 Å². The molecule has 0 bridgehead atoms. The van der Waals surface area contributed by atoms with Gasteiger partial charge >= 0.3 is 19.8 Å². The van der Waals surface area contributed by atoms with Gasteiger partial charge in [-0.25, -0.2) is 4.57 Å². The van der Waals surface area contributed by atoms with Gasteiger partial charge in [-0.1, -0.05) is 121 Å². The number of phosphoric ester groups is 1. The van der Waals surface area contributed by atoms with Gasteiger partial charge in [-0.15, -0.1) is 0 Å². The Morgan fingerprint density at radius 1 is 0.724 bits per heavy atom. The minimum atomic E-state index is -4.68. The SMILES string of the molecule is CCCCC/C=C\C/C=C\CCCCCCCC(=O)O[C@H](COC(=O)CCCCCC[C@@H]1[C@@H](/C=C/[C@@H](O)CCCCC)[C@H](O)C[C@@H]1O)COP(=O)(O)OC[C@@H](O)CO. The Hall–Kier alpha value is -1.93. The quantitative estimate of drug-likeness (QED) is 0.0152. The average Bonchev–Trinajstić information content (AvgIpc) is 3.47. The van der Waals surface area contributed by atoms with Crippen LogP contribution in [0.1, 0.15) is 162 Å². The molecule has 6 N–H and O–H groups in total. The molecule has 0 radical (unpaired) electrons. The molecule has 1 fully saturated rings. The number of ether oxygens (including phenoxy) is 2. The molecule has 13 nitrogen and oxygen atoms in total. The lowest BCUT2D eigenvalue weighted by Crippen LogP contribution is -2.29. The Kier molecular flexibility index (Phi) is 32.4. The number of phosphoric acid groups is 1. The van der Waals surface area contributed by atoms with Crippen molar-refractivity contribution < 1.29 is 63.1 Å². The van der Waals surface area contributed by atoms with E-state index in [4.69, 9.17) is 19.1 Å². The fourth-order valence-electron chi connectivity index (χ4n) is 6.88. The third kappa shape index (κ3) is 28.5. The smallest absolute Gasteiger partial charge is 0.462 e. The van der Waals surface area contributed by atoms with Crippen molar-refractivity contribution in [1.82, 2.24) is 0 Å². The highest BCUT2D eigenvalue weighted by Crippen LogP contribution is 2.43. The summed E-state index contributed by atoms with van der Waals surface area (Å²) in [5, 5.41) is 49.7. The lowest BCUT2D eigenvalue weighted by atomic mass is 9.88. The number of allylic oxidation sites excluding steroid dienone is 4. The highest BCUT2D eigenvalue weighted by molar-refractivity contribution is 7.47. The van der Waals surface area contributed by atoms with Crippen molar-refractivity contribution in [2.45, 2.75) is 192 Å². The largest absolute Gasteiger partial charge is 0.472 e. The second kappa shape index (κ2) is 34.7. The number of esters is 2. The van der Waals surface area contributed by atoms with Crippen LogP contribution in [0.5, 0.6) is 0 Å². The van der Waals surface area contributed by atoms with Crippen molar-refractivity contribution in [2.75, 3.05) is 26.4 Å². The van der Waals surface area contributed by atoms with E-state index in [1.54, 1.807) is 6.08 Å². The molecule has 58 heavy (non-hydrogen) atoms. The van der Waals surface area contributed by atoms with Crippen molar-refractivity contribution >= 4 is 19.8 Å². The number of hydrogen-bond acceptors (Lipinski definition) is 12. The zero-order chi connectivity index (χ0) is 42.9. The monoisotopic (exact) mass is 847 g/mol. The van der Waals surface area contributed by atoms with E-state index < -0.39 is 76.7 Å². The molecule has 0 aromatic heterocycles. The second-order valence-corrected chi connectivity index (χ2v) is 17.1. The van der Waals surface area contributed by atoms with Crippen molar-refractivity contribution in [1.29, 1.82) is 0 Å². The van der Waals surface area contributed by atoms with Gasteiger partial charge in [0.15, 0.2) is 6.10 Å². The number of aliphatic hydroxyl groups excluding tert-OH is 5.